The van der Waals surface area contributed by atoms with Gasteiger partial charge in [-0.05, 0) is 42.5 Å². The van der Waals surface area contributed by atoms with Gasteiger partial charge in [-0.3, -0.25) is 14.4 Å². The Kier molecular flexibility index (Phi) is 7.23. The van der Waals surface area contributed by atoms with Gasteiger partial charge < -0.3 is 29.2 Å². The van der Waals surface area contributed by atoms with E-state index in [1.807, 2.05) is 6.92 Å². The molecular formula is C32H40O10. The molecule has 1 heterocycles. The van der Waals surface area contributed by atoms with E-state index in [2.05, 4.69) is 0 Å². The number of ether oxygens (including phenoxy) is 4. The second kappa shape index (κ2) is 9.99. The van der Waals surface area contributed by atoms with Gasteiger partial charge >= 0.3 is 17.9 Å². The number of hydrogen-bond acceptors (Lipinski definition) is 10. The van der Waals surface area contributed by atoms with E-state index in [1.54, 1.807) is 58.0 Å². The molecule has 1 saturated heterocycles. The Hall–Kier alpha value is -3.08. The summed E-state index contributed by atoms with van der Waals surface area (Å²) in [5, 5.41) is 24.3. The zero-order valence-corrected chi connectivity index (χ0v) is 25.1. The topological polar surface area (TPSA) is 146 Å². The lowest BCUT2D eigenvalue weighted by Gasteiger charge is -2.68. The second-order valence-electron chi connectivity index (χ2n) is 13.2. The van der Waals surface area contributed by atoms with Crippen LogP contribution in [0.4, 0.5) is 0 Å². The van der Waals surface area contributed by atoms with E-state index >= 15 is 0 Å². The lowest BCUT2D eigenvalue weighted by molar-refractivity contribution is -0.340. The van der Waals surface area contributed by atoms with Gasteiger partial charge in [0.1, 0.15) is 17.8 Å². The molecule has 2 bridgehead atoms. The number of benzene rings is 1. The number of Topliss-reactive ketones (excluding diaryl/α,β-unsaturated/α-hetero) is 1. The van der Waals surface area contributed by atoms with Gasteiger partial charge in [-0.15, -0.1) is 0 Å². The highest BCUT2D eigenvalue weighted by molar-refractivity contribution is 5.95. The van der Waals surface area contributed by atoms with Crippen LogP contribution in [-0.2, 0) is 33.3 Å². The quantitative estimate of drug-likeness (QED) is 0.308. The van der Waals surface area contributed by atoms with Gasteiger partial charge in [-0.2, -0.15) is 0 Å². The molecular weight excluding hydrogens is 544 g/mol. The Morgan fingerprint density at radius 3 is 2.21 bits per heavy atom. The van der Waals surface area contributed by atoms with Crippen LogP contribution in [0.1, 0.15) is 71.7 Å². The third-order valence-corrected chi connectivity index (χ3v) is 10.7. The molecule has 42 heavy (non-hydrogen) atoms. The Labute approximate surface area is 245 Å². The summed E-state index contributed by atoms with van der Waals surface area (Å²) in [6.45, 7) is 10.9. The molecule has 0 radical (unpaired) electrons. The van der Waals surface area contributed by atoms with Crippen molar-refractivity contribution in [1.29, 1.82) is 0 Å². The molecule has 0 spiro atoms. The minimum Gasteiger partial charge on any atom is -0.455 e. The van der Waals surface area contributed by atoms with Crippen molar-refractivity contribution in [2.24, 2.45) is 22.7 Å². The summed E-state index contributed by atoms with van der Waals surface area (Å²) in [6.07, 6.45) is -4.67. The lowest BCUT2D eigenvalue weighted by Crippen LogP contribution is -2.80. The number of fused-ring (bicyclic) bond motifs is 5. The van der Waals surface area contributed by atoms with Gasteiger partial charge in [0.05, 0.1) is 24.2 Å². The molecule has 2 N–H and O–H groups in total. The molecule has 2 saturated carbocycles. The molecule has 1 aliphatic heterocycles. The van der Waals surface area contributed by atoms with Crippen molar-refractivity contribution in [3.05, 3.63) is 47.0 Å². The molecule has 0 amide bonds. The largest absolute Gasteiger partial charge is 0.455 e. The molecule has 228 valence electrons. The monoisotopic (exact) mass is 584 g/mol. The lowest BCUT2D eigenvalue weighted by atomic mass is 9.43. The van der Waals surface area contributed by atoms with Gasteiger partial charge in [0.15, 0.2) is 17.5 Å². The van der Waals surface area contributed by atoms with Crippen LogP contribution >= 0.6 is 0 Å². The fourth-order valence-corrected chi connectivity index (χ4v) is 8.20. The summed E-state index contributed by atoms with van der Waals surface area (Å²) >= 11 is 0. The van der Waals surface area contributed by atoms with Gasteiger partial charge in [-0.25, -0.2) is 4.79 Å². The van der Waals surface area contributed by atoms with Crippen LogP contribution in [0.15, 0.2) is 41.5 Å². The third-order valence-electron chi connectivity index (χ3n) is 10.7. The first-order chi connectivity index (χ1) is 19.5. The molecule has 4 aliphatic rings. The Bertz CT molecular complexity index is 1350. The third kappa shape index (κ3) is 4.09. The summed E-state index contributed by atoms with van der Waals surface area (Å²) in [5.74, 6) is -4.10. The number of carbonyl (C=O) groups excluding carboxylic acids is 4. The van der Waals surface area contributed by atoms with Crippen molar-refractivity contribution in [3.63, 3.8) is 0 Å². The highest BCUT2D eigenvalue weighted by atomic mass is 16.6. The molecule has 1 unspecified atom stereocenters. The normalized spacial score (nSPS) is 40.4. The first-order valence-electron chi connectivity index (χ1n) is 14.4. The van der Waals surface area contributed by atoms with Gasteiger partial charge in [-0.1, -0.05) is 45.9 Å². The number of rotatable bonds is 4. The maximum atomic E-state index is 15.0. The summed E-state index contributed by atoms with van der Waals surface area (Å²) in [4.78, 5) is 53.8. The maximum absolute atomic E-state index is 15.0. The predicted molar refractivity (Wildman–Crippen MR) is 148 cm³/mol. The molecule has 10 nitrogen and oxygen atoms in total. The zero-order chi connectivity index (χ0) is 31.0. The van der Waals surface area contributed by atoms with E-state index in [0.717, 1.165) is 0 Å². The Morgan fingerprint density at radius 1 is 1.02 bits per heavy atom. The molecule has 1 aromatic carbocycles. The summed E-state index contributed by atoms with van der Waals surface area (Å²) in [5.41, 5.74) is -5.32. The highest BCUT2D eigenvalue weighted by Gasteiger charge is 2.77. The fraction of sp³-hybridized carbons (Fsp3) is 0.625. The standard InChI is InChI=1S/C32H40O10/c1-16-13-22-31(15-39-22,42-19(4)34)25-27(41-28(37)20-11-9-8-10-12-20)32(38)14-21(35)17(2)23(29(32,5)6)24(40-18(3)33)26(36)30(16,25)7/h8-12,16,21-22,24-25,27,35,38H,13-15H2,1-7H3/t16-,21?,22+,24+,25-,27-,30+,31-,32+/m0/s1. The fourth-order valence-electron chi connectivity index (χ4n) is 8.20. The van der Waals surface area contributed by atoms with Gasteiger partial charge in [0.25, 0.3) is 0 Å². The van der Waals surface area contributed by atoms with E-state index in [9.17, 15) is 29.4 Å². The van der Waals surface area contributed by atoms with Crippen molar-refractivity contribution in [2.45, 2.75) is 96.9 Å². The molecule has 1 aromatic rings. The van der Waals surface area contributed by atoms with Crippen LogP contribution in [0.5, 0.6) is 0 Å². The average molecular weight is 585 g/mol. The van der Waals surface area contributed by atoms with Gasteiger partial charge in [0.2, 0.25) is 0 Å². The SMILES string of the molecule is CC(=O)O[C@H]1C(=O)[C@@]2(C)[C@H]([C@H](OC(=O)c3ccccc3)[C@]3(O)CC(O)C(C)=C1C3(C)C)[C@]1(OC(C)=O)CO[C@@H]1C[C@@H]2C. The summed E-state index contributed by atoms with van der Waals surface area (Å²) in [6, 6.07) is 8.26. The molecule has 9 atom stereocenters. The van der Waals surface area contributed by atoms with Gasteiger partial charge in [0, 0.05) is 31.1 Å². The van der Waals surface area contributed by atoms with Crippen LogP contribution < -0.4 is 0 Å². The van der Waals surface area contributed by atoms with E-state index in [1.165, 1.54) is 13.8 Å². The van der Waals surface area contributed by atoms with Crippen LogP contribution in [-0.4, -0.2) is 76.1 Å². The minimum atomic E-state index is -2.00. The second-order valence-corrected chi connectivity index (χ2v) is 13.2. The van der Waals surface area contributed by atoms with E-state index in [4.69, 9.17) is 18.9 Å². The Morgan fingerprint density at radius 2 is 1.67 bits per heavy atom. The molecule has 3 fully saturated rings. The van der Waals surface area contributed by atoms with Crippen molar-refractivity contribution in [1.82, 2.24) is 0 Å². The molecule has 0 aromatic heterocycles. The van der Waals surface area contributed by atoms with Crippen molar-refractivity contribution >= 4 is 23.7 Å². The number of carbonyl (C=O) groups is 4. The van der Waals surface area contributed by atoms with Crippen molar-refractivity contribution in [2.75, 3.05) is 6.61 Å². The van der Waals surface area contributed by atoms with Crippen molar-refractivity contribution in [3.8, 4) is 0 Å². The highest BCUT2D eigenvalue weighted by Crippen LogP contribution is 2.65. The number of aliphatic hydroxyl groups is 2. The average Bonchev–Trinajstić information content (AvgIpc) is 2.90. The maximum Gasteiger partial charge on any atom is 0.338 e. The van der Waals surface area contributed by atoms with Crippen LogP contribution in [0.3, 0.4) is 0 Å². The number of aliphatic hydroxyl groups excluding tert-OH is 1. The van der Waals surface area contributed by atoms with Crippen LogP contribution in [0, 0.1) is 22.7 Å². The summed E-state index contributed by atoms with van der Waals surface area (Å²) in [7, 11) is 0. The first kappa shape index (κ1) is 30.4. The molecule has 3 aliphatic carbocycles. The number of esters is 3. The van der Waals surface area contributed by atoms with E-state index < -0.39 is 82.0 Å². The Balaban J connectivity index is 1.84. The van der Waals surface area contributed by atoms with Crippen molar-refractivity contribution < 1.29 is 48.3 Å². The number of ketones is 1. The first-order valence-corrected chi connectivity index (χ1v) is 14.4. The number of hydrogen-bond donors (Lipinski definition) is 2. The predicted octanol–water partition coefficient (Wildman–Crippen LogP) is 2.93. The molecule has 10 heteroatoms. The van der Waals surface area contributed by atoms with Crippen LogP contribution in [0.25, 0.3) is 0 Å². The van der Waals surface area contributed by atoms with Crippen LogP contribution in [0.2, 0.25) is 0 Å². The molecule has 5 rings (SSSR count). The van der Waals surface area contributed by atoms with E-state index in [-0.39, 0.29) is 24.2 Å². The van der Waals surface area contributed by atoms with E-state index in [0.29, 0.717) is 12.0 Å². The zero-order valence-electron chi connectivity index (χ0n) is 25.1. The minimum absolute atomic E-state index is 0.0874. The smallest absolute Gasteiger partial charge is 0.338 e. The summed E-state index contributed by atoms with van der Waals surface area (Å²) < 4.78 is 24.0.